The molecule has 0 aromatic carbocycles. The molecule has 1 aliphatic heterocycles. The van der Waals surface area contributed by atoms with E-state index in [1.54, 1.807) is 0 Å². The summed E-state index contributed by atoms with van der Waals surface area (Å²) in [6.45, 7) is 1.73. The van der Waals surface area contributed by atoms with Crippen molar-refractivity contribution in [1.29, 1.82) is 0 Å². The molecule has 0 radical (unpaired) electrons. The van der Waals surface area contributed by atoms with Crippen LogP contribution in [0.2, 0.25) is 0 Å². The average molecular weight is 235 g/mol. The van der Waals surface area contributed by atoms with Crippen LogP contribution in [0.4, 0.5) is 0 Å². The number of hydrogen-bond acceptors (Lipinski definition) is 3. The molecule has 1 aromatic heterocycles. The predicted molar refractivity (Wildman–Crippen MR) is 65.8 cm³/mol. The summed E-state index contributed by atoms with van der Waals surface area (Å²) in [4.78, 5) is 0. The van der Waals surface area contributed by atoms with E-state index >= 15 is 0 Å². The van der Waals surface area contributed by atoms with Gasteiger partial charge in [0.05, 0.1) is 12.2 Å². The molecule has 4 heteroatoms. The topological polar surface area (TPSA) is 53.1 Å². The van der Waals surface area contributed by atoms with E-state index in [0.29, 0.717) is 6.04 Å². The van der Waals surface area contributed by atoms with Gasteiger partial charge < -0.3 is 10.5 Å². The third-order valence-corrected chi connectivity index (χ3v) is 4.05. The van der Waals surface area contributed by atoms with Crippen molar-refractivity contribution in [3.63, 3.8) is 0 Å². The van der Waals surface area contributed by atoms with Crippen LogP contribution in [-0.2, 0) is 11.2 Å². The highest BCUT2D eigenvalue weighted by atomic mass is 16.5. The maximum Gasteiger partial charge on any atom is 0.0566 e. The van der Waals surface area contributed by atoms with Gasteiger partial charge in [-0.15, -0.1) is 0 Å². The number of ether oxygens (including phenoxy) is 1. The number of nitrogens with two attached hydrogens (primary N) is 1. The number of nitrogens with zero attached hydrogens (tertiary/aromatic N) is 2. The molecular weight excluding hydrogens is 214 g/mol. The molecule has 0 spiro atoms. The second-order valence-electron chi connectivity index (χ2n) is 5.19. The normalized spacial score (nSPS) is 26.5. The van der Waals surface area contributed by atoms with Crippen LogP contribution in [0.5, 0.6) is 0 Å². The molecule has 1 unspecified atom stereocenters. The van der Waals surface area contributed by atoms with Crippen LogP contribution in [-0.4, -0.2) is 23.0 Å². The van der Waals surface area contributed by atoms with Crippen molar-refractivity contribution in [3.05, 3.63) is 17.5 Å². The van der Waals surface area contributed by atoms with Gasteiger partial charge in [-0.05, 0) is 32.1 Å². The third kappa shape index (κ3) is 2.11. The van der Waals surface area contributed by atoms with E-state index in [0.717, 1.165) is 38.9 Å². The van der Waals surface area contributed by atoms with Gasteiger partial charge in [-0.25, -0.2) is 0 Å². The van der Waals surface area contributed by atoms with Crippen molar-refractivity contribution in [2.45, 2.75) is 50.6 Å². The first-order valence-corrected chi connectivity index (χ1v) is 6.76. The zero-order chi connectivity index (χ0) is 11.7. The van der Waals surface area contributed by atoms with E-state index in [2.05, 4.69) is 9.78 Å². The molecule has 1 atom stereocenters. The molecule has 1 fully saturated rings. The molecule has 2 aliphatic rings. The first-order valence-electron chi connectivity index (χ1n) is 6.76. The van der Waals surface area contributed by atoms with Gasteiger partial charge in [0, 0.05) is 30.5 Å². The van der Waals surface area contributed by atoms with Crippen LogP contribution in [0.3, 0.4) is 0 Å². The Morgan fingerprint density at radius 1 is 1.24 bits per heavy atom. The van der Waals surface area contributed by atoms with Crippen LogP contribution in [0.25, 0.3) is 0 Å². The minimum absolute atomic E-state index is 0.195. The van der Waals surface area contributed by atoms with Crippen LogP contribution < -0.4 is 5.73 Å². The minimum Gasteiger partial charge on any atom is -0.381 e. The number of hydrogen-bond donors (Lipinski definition) is 1. The Morgan fingerprint density at radius 3 is 2.88 bits per heavy atom. The fourth-order valence-electron chi connectivity index (χ4n) is 3.03. The lowest BCUT2D eigenvalue weighted by molar-refractivity contribution is 0.0654. The van der Waals surface area contributed by atoms with E-state index in [1.807, 2.05) is 6.20 Å². The van der Waals surface area contributed by atoms with E-state index in [-0.39, 0.29) is 6.04 Å². The Morgan fingerprint density at radius 2 is 2.06 bits per heavy atom. The van der Waals surface area contributed by atoms with Gasteiger partial charge in [0.15, 0.2) is 0 Å². The zero-order valence-electron chi connectivity index (χ0n) is 10.3. The molecule has 1 aromatic rings. The summed E-state index contributed by atoms with van der Waals surface area (Å²) < 4.78 is 7.66. The predicted octanol–water partition coefficient (Wildman–Crippen LogP) is 1.96. The molecule has 1 saturated heterocycles. The minimum atomic E-state index is 0.195. The second kappa shape index (κ2) is 4.78. The van der Waals surface area contributed by atoms with Gasteiger partial charge in [-0.2, -0.15) is 5.10 Å². The molecule has 0 amide bonds. The average Bonchev–Trinajstić information content (AvgIpc) is 2.71. The van der Waals surface area contributed by atoms with Gasteiger partial charge >= 0.3 is 0 Å². The molecule has 2 heterocycles. The Bertz CT molecular complexity index is 382. The maximum absolute atomic E-state index is 6.21. The first kappa shape index (κ1) is 11.2. The highest BCUT2D eigenvalue weighted by Gasteiger charge is 2.24. The number of rotatable bonds is 1. The lowest BCUT2D eigenvalue weighted by Crippen LogP contribution is -2.22. The van der Waals surface area contributed by atoms with E-state index in [9.17, 15) is 0 Å². The van der Waals surface area contributed by atoms with Gasteiger partial charge in [0.2, 0.25) is 0 Å². The molecule has 3 rings (SSSR count). The maximum atomic E-state index is 6.21. The van der Waals surface area contributed by atoms with Crippen LogP contribution in [0.15, 0.2) is 6.20 Å². The fourth-order valence-corrected chi connectivity index (χ4v) is 3.03. The highest BCUT2D eigenvalue weighted by Crippen LogP contribution is 2.30. The van der Waals surface area contributed by atoms with E-state index in [1.165, 1.54) is 24.1 Å². The van der Waals surface area contributed by atoms with Crippen molar-refractivity contribution in [1.82, 2.24) is 9.78 Å². The largest absolute Gasteiger partial charge is 0.381 e. The van der Waals surface area contributed by atoms with Crippen molar-refractivity contribution < 1.29 is 4.74 Å². The fraction of sp³-hybridized carbons (Fsp3) is 0.769. The van der Waals surface area contributed by atoms with Gasteiger partial charge in [0.25, 0.3) is 0 Å². The summed E-state index contributed by atoms with van der Waals surface area (Å²) in [5.41, 5.74) is 8.89. The molecular formula is C13H21N3O. The van der Waals surface area contributed by atoms with E-state index in [4.69, 9.17) is 10.5 Å². The highest BCUT2D eigenvalue weighted by molar-refractivity contribution is 5.23. The molecule has 1 aliphatic carbocycles. The standard InChI is InChI=1S/C13H21N3O/c14-12-3-1-2-4-13-11(12)9-15-16(13)10-5-7-17-8-6-10/h9-10,12H,1-8,14H2. The Hall–Kier alpha value is -0.870. The molecule has 2 N–H and O–H groups in total. The SMILES string of the molecule is NC1CCCCc2c1cnn2C1CCOCC1. The van der Waals surface area contributed by atoms with Gasteiger partial charge in [0.1, 0.15) is 0 Å². The number of aromatic nitrogens is 2. The smallest absolute Gasteiger partial charge is 0.0566 e. The van der Waals surface area contributed by atoms with Crippen molar-refractivity contribution in [3.8, 4) is 0 Å². The van der Waals surface area contributed by atoms with Crippen molar-refractivity contribution in [2.24, 2.45) is 5.73 Å². The van der Waals surface area contributed by atoms with E-state index < -0.39 is 0 Å². The summed E-state index contributed by atoms with van der Waals surface area (Å²) in [6, 6.07) is 0.721. The van der Waals surface area contributed by atoms with Crippen LogP contribution in [0, 0.1) is 0 Å². The summed E-state index contributed by atoms with van der Waals surface area (Å²) in [5, 5.41) is 4.59. The monoisotopic (exact) mass is 235 g/mol. The van der Waals surface area contributed by atoms with Crippen LogP contribution in [0.1, 0.15) is 55.4 Å². The Labute approximate surface area is 102 Å². The lowest BCUT2D eigenvalue weighted by atomic mass is 10.1. The molecule has 4 nitrogen and oxygen atoms in total. The van der Waals surface area contributed by atoms with Gasteiger partial charge in [-0.3, -0.25) is 4.68 Å². The molecule has 0 saturated carbocycles. The summed E-state index contributed by atoms with van der Waals surface area (Å²) >= 11 is 0. The quantitative estimate of drug-likeness (QED) is 0.757. The first-order chi connectivity index (χ1) is 8.36. The Kier molecular flexibility index (Phi) is 3.16. The molecule has 94 valence electrons. The van der Waals surface area contributed by atoms with Crippen molar-refractivity contribution in [2.75, 3.05) is 13.2 Å². The summed E-state index contributed by atoms with van der Waals surface area (Å²) in [6.07, 6.45) is 8.90. The second-order valence-corrected chi connectivity index (χ2v) is 5.19. The Balaban J connectivity index is 1.90. The summed E-state index contributed by atoms with van der Waals surface area (Å²) in [5.74, 6) is 0. The third-order valence-electron chi connectivity index (χ3n) is 4.05. The lowest BCUT2D eigenvalue weighted by Gasteiger charge is -2.24. The zero-order valence-corrected chi connectivity index (χ0v) is 10.3. The summed E-state index contributed by atoms with van der Waals surface area (Å²) in [7, 11) is 0. The number of fused-ring (bicyclic) bond motifs is 1. The molecule has 17 heavy (non-hydrogen) atoms. The van der Waals surface area contributed by atoms with Crippen LogP contribution >= 0.6 is 0 Å². The van der Waals surface area contributed by atoms with Gasteiger partial charge in [-0.1, -0.05) is 6.42 Å². The van der Waals surface area contributed by atoms with Crippen molar-refractivity contribution >= 4 is 0 Å². The molecule has 0 bridgehead atoms.